The summed E-state index contributed by atoms with van der Waals surface area (Å²) >= 11 is 0. The lowest BCUT2D eigenvalue weighted by Gasteiger charge is -2.24. The van der Waals surface area contributed by atoms with Gasteiger partial charge in [-0.3, -0.25) is 0 Å². The quantitative estimate of drug-likeness (QED) is 0.612. The number of rotatable bonds is 5. The molecule has 5 nitrogen and oxygen atoms in total. The molecule has 0 spiro atoms. The molecule has 3 N–H and O–H groups in total. The molecule has 0 saturated heterocycles. The van der Waals surface area contributed by atoms with Crippen LogP contribution in [0.25, 0.3) is 0 Å². The smallest absolute Gasteiger partial charge is 0.408 e. The number of aliphatic hydroxyl groups is 2. The van der Waals surface area contributed by atoms with Gasteiger partial charge in [-0.25, -0.2) is 4.79 Å². The number of alkyl carbamates (subject to hydrolysis) is 1. The Labute approximate surface area is 96.1 Å². The number of carbonyl (C=O) groups excluding carboxylic acids is 1. The van der Waals surface area contributed by atoms with Gasteiger partial charge in [-0.1, -0.05) is 6.08 Å². The fourth-order valence-electron chi connectivity index (χ4n) is 1.06. The molecule has 0 heterocycles. The van der Waals surface area contributed by atoms with Gasteiger partial charge in [-0.05, 0) is 27.2 Å². The van der Waals surface area contributed by atoms with Gasteiger partial charge in [0.1, 0.15) is 5.60 Å². The van der Waals surface area contributed by atoms with Crippen LogP contribution in [-0.4, -0.2) is 40.7 Å². The molecule has 1 amide bonds. The zero-order valence-electron chi connectivity index (χ0n) is 10.1. The highest BCUT2D eigenvalue weighted by Gasteiger charge is 2.23. The van der Waals surface area contributed by atoms with Gasteiger partial charge in [0.15, 0.2) is 0 Å². The first kappa shape index (κ1) is 14.9. The van der Waals surface area contributed by atoms with E-state index in [1.54, 1.807) is 20.8 Å². The van der Waals surface area contributed by atoms with E-state index < -0.39 is 23.8 Å². The number of carbonyl (C=O) groups is 1. The zero-order chi connectivity index (χ0) is 12.8. The van der Waals surface area contributed by atoms with Gasteiger partial charge in [-0.15, -0.1) is 6.58 Å². The predicted octanol–water partition coefficient (Wildman–Crippen LogP) is 0.809. The third-order valence-electron chi connectivity index (χ3n) is 1.77. The summed E-state index contributed by atoms with van der Waals surface area (Å²) < 4.78 is 5.00. The Kier molecular flexibility index (Phi) is 6.06. The highest BCUT2D eigenvalue weighted by molar-refractivity contribution is 5.68. The maximum absolute atomic E-state index is 11.4. The van der Waals surface area contributed by atoms with Crippen LogP contribution in [-0.2, 0) is 4.74 Å². The Hall–Kier alpha value is -1.07. The Bertz CT molecular complexity index is 235. The van der Waals surface area contributed by atoms with Crippen molar-refractivity contribution < 1.29 is 19.7 Å². The molecule has 0 aliphatic rings. The Morgan fingerprint density at radius 2 is 2.12 bits per heavy atom. The van der Waals surface area contributed by atoms with Crippen LogP contribution in [0.5, 0.6) is 0 Å². The fraction of sp³-hybridized carbons (Fsp3) is 0.727. The zero-order valence-corrected chi connectivity index (χ0v) is 10.1. The van der Waals surface area contributed by atoms with E-state index in [1.165, 1.54) is 6.08 Å². The summed E-state index contributed by atoms with van der Waals surface area (Å²) in [4.78, 5) is 11.4. The first-order valence-electron chi connectivity index (χ1n) is 5.19. The molecule has 5 heteroatoms. The second-order valence-electron chi connectivity index (χ2n) is 4.53. The van der Waals surface area contributed by atoms with Crippen molar-refractivity contribution in [2.24, 2.45) is 0 Å². The van der Waals surface area contributed by atoms with E-state index in [-0.39, 0.29) is 6.61 Å². The van der Waals surface area contributed by atoms with Crippen LogP contribution in [0.4, 0.5) is 4.79 Å². The molecular weight excluding hydrogens is 210 g/mol. The van der Waals surface area contributed by atoms with E-state index in [9.17, 15) is 9.90 Å². The lowest BCUT2D eigenvalue weighted by atomic mass is 10.1. The minimum atomic E-state index is -0.866. The van der Waals surface area contributed by atoms with Crippen LogP contribution in [0.1, 0.15) is 27.2 Å². The molecule has 0 aromatic rings. The maximum atomic E-state index is 11.4. The number of aliphatic hydroxyl groups excluding tert-OH is 2. The molecule has 16 heavy (non-hydrogen) atoms. The number of ether oxygens (including phenoxy) is 1. The van der Waals surface area contributed by atoms with Gasteiger partial charge in [0, 0.05) is 0 Å². The second kappa shape index (κ2) is 6.50. The van der Waals surface area contributed by atoms with Crippen molar-refractivity contribution in [2.45, 2.75) is 44.9 Å². The molecule has 0 unspecified atom stereocenters. The molecule has 94 valence electrons. The van der Waals surface area contributed by atoms with Gasteiger partial charge in [-0.2, -0.15) is 0 Å². The molecule has 0 rings (SSSR count). The van der Waals surface area contributed by atoms with Crippen molar-refractivity contribution in [3.63, 3.8) is 0 Å². The lowest BCUT2D eigenvalue weighted by Crippen LogP contribution is -2.47. The van der Waals surface area contributed by atoms with E-state index in [1.807, 2.05) is 0 Å². The summed E-state index contributed by atoms with van der Waals surface area (Å²) in [5.74, 6) is 0. The van der Waals surface area contributed by atoms with Gasteiger partial charge < -0.3 is 20.3 Å². The first-order valence-corrected chi connectivity index (χ1v) is 5.19. The SMILES string of the molecule is C=CC[C@H](O)[C@H](CO)NC(=O)OC(C)(C)C. The molecule has 0 bridgehead atoms. The largest absolute Gasteiger partial charge is 0.444 e. The summed E-state index contributed by atoms with van der Waals surface area (Å²) in [6.45, 7) is 8.33. The number of hydrogen-bond donors (Lipinski definition) is 3. The molecule has 0 aliphatic heterocycles. The molecular formula is C11H21NO4. The summed E-state index contributed by atoms with van der Waals surface area (Å²) in [5.41, 5.74) is -0.604. The predicted molar refractivity (Wildman–Crippen MR) is 61.1 cm³/mol. The third kappa shape index (κ3) is 6.42. The molecule has 0 radical (unpaired) electrons. The van der Waals surface area contributed by atoms with E-state index in [2.05, 4.69) is 11.9 Å². The highest BCUT2D eigenvalue weighted by atomic mass is 16.6. The molecule has 0 aromatic carbocycles. The third-order valence-corrected chi connectivity index (χ3v) is 1.77. The van der Waals surface area contributed by atoms with Crippen LogP contribution in [0.2, 0.25) is 0 Å². The monoisotopic (exact) mass is 231 g/mol. The van der Waals surface area contributed by atoms with E-state index in [0.717, 1.165) is 0 Å². The summed E-state index contributed by atoms with van der Waals surface area (Å²) in [6.07, 6.45) is 0.287. The van der Waals surface area contributed by atoms with Gasteiger partial charge in [0.25, 0.3) is 0 Å². The summed E-state index contributed by atoms with van der Waals surface area (Å²) in [6, 6.07) is -0.743. The lowest BCUT2D eigenvalue weighted by molar-refractivity contribution is 0.0356. The highest BCUT2D eigenvalue weighted by Crippen LogP contribution is 2.07. The Balaban J connectivity index is 4.21. The standard InChI is InChI=1S/C11H21NO4/c1-5-6-9(14)8(7-13)12-10(15)16-11(2,3)4/h5,8-9,13-14H,1,6-7H2,2-4H3,(H,12,15)/t8-,9-/m0/s1. The van der Waals surface area contributed by atoms with Crippen LogP contribution < -0.4 is 5.32 Å². The van der Waals surface area contributed by atoms with E-state index in [4.69, 9.17) is 9.84 Å². The van der Waals surface area contributed by atoms with Crippen molar-refractivity contribution >= 4 is 6.09 Å². The van der Waals surface area contributed by atoms with Gasteiger partial charge >= 0.3 is 6.09 Å². The Morgan fingerprint density at radius 3 is 2.50 bits per heavy atom. The first-order chi connectivity index (χ1) is 7.30. The van der Waals surface area contributed by atoms with Crippen molar-refractivity contribution in [2.75, 3.05) is 6.61 Å². The summed E-state index contributed by atoms with van der Waals surface area (Å²) in [7, 11) is 0. The van der Waals surface area contributed by atoms with Crippen LogP contribution in [0, 0.1) is 0 Å². The summed E-state index contributed by atoms with van der Waals surface area (Å²) in [5, 5.41) is 21.0. The average Bonchev–Trinajstić information content (AvgIpc) is 2.11. The molecule has 0 fully saturated rings. The fourth-order valence-corrected chi connectivity index (χ4v) is 1.06. The van der Waals surface area contributed by atoms with Crippen molar-refractivity contribution in [1.82, 2.24) is 5.32 Å². The van der Waals surface area contributed by atoms with Gasteiger partial charge in [0.05, 0.1) is 18.8 Å². The van der Waals surface area contributed by atoms with Crippen molar-refractivity contribution in [3.05, 3.63) is 12.7 Å². The normalized spacial score (nSPS) is 15.1. The number of amides is 1. The minimum absolute atomic E-state index is 0.293. The van der Waals surface area contributed by atoms with Crippen LogP contribution in [0.3, 0.4) is 0 Å². The second-order valence-corrected chi connectivity index (χ2v) is 4.53. The number of hydrogen-bond acceptors (Lipinski definition) is 4. The van der Waals surface area contributed by atoms with Crippen molar-refractivity contribution in [1.29, 1.82) is 0 Å². The topological polar surface area (TPSA) is 78.8 Å². The molecule has 0 aliphatic carbocycles. The molecule has 0 saturated carbocycles. The Morgan fingerprint density at radius 1 is 1.56 bits per heavy atom. The molecule has 0 aromatic heterocycles. The van der Waals surface area contributed by atoms with Crippen LogP contribution in [0.15, 0.2) is 12.7 Å². The average molecular weight is 231 g/mol. The van der Waals surface area contributed by atoms with Gasteiger partial charge in [0.2, 0.25) is 0 Å². The molecule has 2 atom stereocenters. The van der Waals surface area contributed by atoms with Crippen LogP contribution >= 0.6 is 0 Å². The number of nitrogens with one attached hydrogen (secondary N) is 1. The maximum Gasteiger partial charge on any atom is 0.408 e. The minimum Gasteiger partial charge on any atom is -0.444 e. The van der Waals surface area contributed by atoms with Crippen molar-refractivity contribution in [3.8, 4) is 0 Å². The van der Waals surface area contributed by atoms with E-state index in [0.29, 0.717) is 6.42 Å². The van der Waals surface area contributed by atoms with E-state index >= 15 is 0 Å².